The molecule has 8 aromatic carbocycles. The Kier molecular flexibility index (Phi) is 6.49. The Balaban J connectivity index is 1.20. The molecule has 2 aromatic heterocycles. The van der Waals surface area contributed by atoms with Crippen LogP contribution in [0.5, 0.6) is 0 Å². The molecule has 0 amide bonds. The zero-order chi connectivity index (χ0) is 33.0. The minimum absolute atomic E-state index is 0.776. The van der Waals surface area contributed by atoms with Crippen LogP contribution in [0.4, 0.5) is 17.1 Å². The quantitative estimate of drug-likeness (QED) is 0.176. The van der Waals surface area contributed by atoms with E-state index in [4.69, 9.17) is 4.42 Å². The molecule has 0 saturated carbocycles. The first-order chi connectivity index (χ1) is 24.8. The van der Waals surface area contributed by atoms with Gasteiger partial charge in [-0.3, -0.25) is 4.98 Å². The number of hydrogen-bond donors (Lipinski definition) is 0. The Morgan fingerprint density at radius 1 is 0.380 bits per heavy atom. The molecule has 234 valence electrons. The largest absolute Gasteiger partial charge is 0.452 e. The number of aromatic nitrogens is 1. The molecule has 0 aliphatic rings. The first-order valence-electron chi connectivity index (χ1n) is 16.9. The van der Waals surface area contributed by atoms with Crippen LogP contribution < -0.4 is 4.90 Å². The fraction of sp³-hybridized carbons (Fsp3) is 0. The second-order valence-electron chi connectivity index (χ2n) is 12.8. The Bertz CT molecular complexity index is 2840. The molecule has 0 unspecified atom stereocenters. The summed E-state index contributed by atoms with van der Waals surface area (Å²) in [6.45, 7) is 0. The van der Waals surface area contributed by atoms with Crippen LogP contribution in [0.3, 0.4) is 0 Å². The van der Waals surface area contributed by atoms with E-state index < -0.39 is 0 Å². The van der Waals surface area contributed by atoms with Gasteiger partial charge in [-0.25, -0.2) is 0 Å². The highest BCUT2D eigenvalue weighted by Crippen LogP contribution is 2.45. The number of furan rings is 1. The van der Waals surface area contributed by atoms with E-state index in [2.05, 4.69) is 174 Å². The Morgan fingerprint density at radius 2 is 0.940 bits per heavy atom. The molecule has 0 N–H and O–H groups in total. The van der Waals surface area contributed by atoms with Crippen LogP contribution in [0.15, 0.2) is 187 Å². The first-order valence-corrected chi connectivity index (χ1v) is 16.9. The van der Waals surface area contributed by atoms with Gasteiger partial charge >= 0.3 is 0 Å². The van der Waals surface area contributed by atoms with Crippen LogP contribution in [-0.2, 0) is 0 Å². The number of fused-ring (bicyclic) bond motifs is 9. The molecule has 0 atom stereocenters. The normalized spacial score (nSPS) is 11.6. The number of nitrogens with zero attached hydrogens (tertiary/aromatic N) is 2. The summed E-state index contributed by atoms with van der Waals surface area (Å²) in [5.74, 6) is 0. The highest BCUT2D eigenvalue weighted by molar-refractivity contribution is 6.26. The second-order valence-corrected chi connectivity index (χ2v) is 12.8. The lowest BCUT2D eigenvalue weighted by atomic mass is 9.94. The van der Waals surface area contributed by atoms with Crippen molar-refractivity contribution in [3.63, 3.8) is 0 Å². The molecule has 0 aliphatic carbocycles. The summed E-state index contributed by atoms with van der Waals surface area (Å²) in [6, 6.07) is 60.9. The molecule has 0 saturated heterocycles. The van der Waals surface area contributed by atoms with Crippen molar-refractivity contribution in [2.45, 2.75) is 0 Å². The lowest BCUT2D eigenvalue weighted by molar-refractivity contribution is 0.667. The molecule has 0 radical (unpaired) electrons. The average Bonchev–Trinajstić information content (AvgIpc) is 3.58. The van der Waals surface area contributed by atoms with Gasteiger partial charge in [0.1, 0.15) is 0 Å². The third-order valence-corrected chi connectivity index (χ3v) is 9.94. The van der Waals surface area contributed by atoms with Gasteiger partial charge in [-0.1, -0.05) is 133 Å². The second kappa shape index (κ2) is 11.5. The van der Waals surface area contributed by atoms with Crippen LogP contribution in [0.25, 0.3) is 76.5 Å². The number of rotatable bonds is 5. The summed E-state index contributed by atoms with van der Waals surface area (Å²) in [5, 5.41) is 9.60. The molecule has 10 aromatic rings. The fourth-order valence-electron chi connectivity index (χ4n) is 7.59. The van der Waals surface area contributed by atoms with Crippen molar-refractivity contribution in [2.24, 2.45) is 0 Å². The predicted molar refractivity (Wildman–Crippen MR) is 210 cm³/mol. The predicted octanol–water partition coefficient (Wildman–Crippen LogP) is 13.2. The lowest BCUT2D eigenvalue weighted by Crippen LogP contribution is -2.10. The zero-order valence-electron chi connectivity index (χ0n) is 27.1. The molecule has 0 aliphatic heterocycles. The standard InChI is InChI=1S/C47H30N2O/c1-2-10-31(11-3-1)32-20-22-33(23-21-32)34-12-8-13-35(28-34)49(45-19-9-18-43-42-26-27-48-30-46(42)50-47(43)45)36-24-25-41-39-16-5-4-14-37(39)38-15-6-7-17-40(38)44(41)29-36/h1-30H. The number of benzene rings is 8. The first kappa shape index (κ1) is 28.3. The van der Waals surface area contributed by atoms with Crippen molar-refractivity contribution in [1.82, 2.24) is 4.98 Å². The third-order valence-electron chi connectivity index (χ3n) is 9.94. The van der Waals surface area contributed by atoms with Crippen molar-refractivity contribution in [1.29, 1.82) is 0 Å². The Labute approximate surface area is 289 Å². The van der Waals surface area contributed by atoms with Crippen LogP contribution in [0, 0.1) is 0 Å². The number of hydrogen-bond acceptors (Lipinski definition) is 3. The van der Waals surface area contributed by atoms with E-state index in [1.54, 1.807) is 6.20 Å². The highest BCUT2D eigenvalue weighted by atomic mass is 16.3. The maximum atomic E-state index is 6.59. The van der Waals surface area contributed by atoms with Crippen molar-refractivity contribution >= 4 is 71.3 Å². The maximum absolute atomic E-state index is 6.59. The highest BCUT2D eigenvalue weighted by Gasteiger charge is 2.21. The van der Waals surface area contributed by atoms with Crippen molar-refractivity contribution in [3.05, 3.63) is 182 Å². The molecule has 3 nitrogen and oxygen atoms in total. The van der Waals surface area contributed by atoms with E-state index in [-0.39, 0.29) is 0 Å². The van der Waals surface area contributed by atoms with E-state index in [1.807, 2.05) is 12.3 Å². The lowest BCUT2D eigenvalue weighted by Gasteiger charge is -2.27. The van der Waals surface area contributed by atoms with Gasteiger partial charge in [0.2, 0.25) is 0 Å². The van der Waals surface area contributed by atoms with Gasteiger partial charge in [-0.05, 0) is 91.0 Å². The van der Waals surface area contributed by atoms with E-state index in [0.717, 1.165) is 50.1 Å². The third kappa shape index (κ3) is 4.56. The summed E-state index contributed by atoms with van der Waals surface area (Å²) in [4.78, 5) is 6.69. The van der Waals surface area contributed by atoms with Gasteiger partial charge in [0.25, 0.3) is 0 Å². The monoisotopic (exact) mass is 638 g/mol. The molecule has 50 heavy (non-hydrogen) atoms. The van der Waals surface area contributed by atoms with Crippen LogP contribution in [0.1, 0.15) is 0 Å². The maximum Gasteiger partial charge on any atom is 0.159 e. The van der Waals surface area contributed by atoms with Gasteiger partial charge in [0.05, 0.1) is 11.9 Å². The number of pyridine rings is 1. The minimum Gasteiger partial charge on any atom is -0.452 e. The van der Waals surface area contributed by atoms with Crippen LogP contribution >= 0.6 is 0 Å². The number of para-hydroxylation sites is 1. The van der Waals surface area contributed by atoms with Gasteiger partial charge in [-0.15, -0.1) is 0 Å². The molecule has 0 fully saturated rings. The Hall–Kier alpha value is -6.71. The van der Waals surface area contributed by atoms with Crippen LogP contribution in [0.2, 0.25) is 0 Å². The van der Waals surface area contributed by atoms with Gasteiger partial charge in [0, 0.05) is 28.3 Å². The smallest absolute Gasteiger partial charge is 0.159 e. The topological polar surface area (TPSA) is 29.3 Å². The molecule has 0 bridgehead atoms. The molecular formula is C47H30N2O. The van der Waals surface area contributed by atoms with Crippen LogP contribution in [-0.4, -0.2) is 4.98 Å². The summed E-state index contributed by atoms with van der Waals surface area (Å²) in [7, 11) is 0. The molecule has 10 rings (SSSR count). The fourth-order valence-corrected chi connectivity index (χ4v) is 7.59. The van der Waals surface area contributed by atoms with E-state index >= 15 is 0 Å². The number of anilines is 3. The summed E-state index contributed by atoms with van der Waals surface area (Å²) in [6.07, 6.45) is 3.63. The van der Waals surface area contributed by atoms with Gasteiger partial charge in [0.15, 0.2) is 11.2 Å². The van der Waals surface area contributed by atoms with Crippen molar-refractivity contribution < 1.29 is 4.42 Å². The molecule has 2 heterocycles. The molecule has 0 spiro atoms. The minimum atomic E-state index is 0.776. The van der Waals surface area contributed by atoms with E-state index in [9.17, 15) is 0 Å². The zero-order valence-corrected chi connectivity index (χ0v) is 27.1. The summed E-state index contributed by atoms with van der Waals surface area (Å²) >= 11 is 0. The van der Waals surface area contributed by atoms with Crippen molar-refractivity contribution in [2.75, 3.05) is 4.90 Å². The molecule has 3 heteroatoms. The van der Waals surface area contributed by atoms with E-state index in [1.165, 1.54) is 43.4 Å². The average molecular weight is 639 g/mol. The van der Waals surface area contributed by atoms with Gasteiger partial charge in [-0.2, -0.15) is 0 Å². The van der Waals surface area contributed by atoms with Gasteiger partial charge < -0.3 is 9.32 Å². The summed E-state index contributed by atoms with van der Waals surface area (Å²) in [5.41, 5.74) is 9.40. The SMILES string of the molecule is c1ccc(-c2ccc(-c3cccc(N(c4ccc5c6ccccc6c6ccccc6c5c4)c4cccc5c4oc4cnccc45)c3)cc2)cc1. The van der Waals surface area contributed by atoms with E-state index in [0.29, 0.717) is 0 Å². The Morgan fingerprint density at radius 3 is 1.68 bits per heavy atom. The van der Waals surface area contributed by atoms with Crippen molar-refractivity contribution in [3.8, 4) is 22.3 Å². The summed E-state index contributed by atoms with van der Waals surface area (Å²) < 4.78 is 6.59. The molecular weight excluding hydrogens is 609 g/mol.